The van der Waals surface area contributed by atoms with Gasteiger partial charge in [0.15, 0.2) is 0 Å². The number of nitrogens with two attached hydrogens (primary N) is 1. The molecule has 0 saturated carbocycles. The zero-order valence-electron chi connectivity index (χ0n) is 17.5. The van der Waals surface area contributed by atoms with E-state index in [9.17, 15) is 9.59 Å². The van der Waals surface area contributed by atoms with Crippen LogP contribution < -0.4 is 16.4 Å². The third kappa shape index (κ3) is 9.03. The molecular formula is C22H32Cl2N4O2. The fourth-order valence-corrected chi connectivity index (χ4v) is 2.91. The Morgan fingerprint density at radius 1 is 0.967 bits per heavy atom. The summed E-state index contributed by atoms with van der Waals surface area (Å²) in [6, 6.07) is 14.5. The Morgan fingerprint density at radius 2 is 1.60 bits per heavy atom. The molecule has 2 amide bonds. The predicted octanol–water partition coefficient (Wildman–Crippen LogP) is 3.76. The number of carbonyl (C=O) groups excluding carboxylic acids is 2. The highest BCUT2D eigenvalue weighted by molar-refractivity contribution is 5.95. The van der Waals surface area contributed by atoms with Crippen LogP contribution in [-0.2, 0) is 11.2 Å². The molecule has 30 heavy (non-hydrogen) atoms. The van der Waals surface area contributed by atoms with Crippen LogP contribution in [0.2, 0.25) is 0 Å². The number of carbonyl (C=O) groups is 2. The number of halogens is 2. The maximum atomic E-state index is 12.2. The quantitative estimate of drug-likeness (QED) is 0.476. The smallest absolute Gasteiger partial charge is 0.251 e. The molecule has 4 N–H and O–H groups in total. The molecular weight excluding hydrogens is 423 g/mol. The molecule has 0 unspecified atom stereocenters. The molecule has 8 heteroatoms. The minimum Gasteiger partial charge on any atom is -0.399 e. The number of aryl methyl sites for hydroxylation is 1. The second-order valence-corrected chi connectivity index (χ2v) is 6.61. The van der Waals surface area contributed by atoms with E-state index in [1.807, 2.05) is 24.3 Å². The van der Waals surface area contributed by atoms with Gasteiger partial charge in [-0.1, -0.05) is 32.0 Å². The molecule has 0 fully saturated rings. The number of rotatable bonds is 10. The van der Waals surface area contributed by atoms with E-state index in [4.69, 9.17) is 5.73 Å². The lowest BCUT2D eigenvalue weighted by Gasteiger charge is -2.18. The lowest BCUT2D eigenvalue weighted by molar-refractivity contribution is -0.116. The van der Waals surface area contributed by atoms with Crippen molar-refractivity contribution in [1.29, 1.82) is 0 Å². The number of hydrogen-bond donors (Lipinski definition) is 3. The summed E-state index contributed by atoms with van der Waals surface area (Å²) in [6.45, 7) is 7.59. The fraction of sp³-hybridized carbons (Fsp3) is 0.364. The highest BCUT2D eigenvalue weighted by atomic mass is 35.5. The van der Waals surface area contributed by atoms with Gasteiger partial charge in [0, 0.05) is 36.4 Å². The Morgan fingerprint density at radius 3 is 2.20 bits per heavy atom. The van der Waals surface area contributed by atoms with Gasteiger partial charge in [-0.3, -0.25) is 9.59 Å². The van der Waals surface area contributed by atoms with Crippen molar-refractivity contribution >= 4 is 48.0 Å². The standard InChI is InChI=1S/C22H30N4O2.2ClH/c1-3-26(4-2)16-15-24-22(28)18-9-12-19(13-10-18)25-21(27)14-11-17-7-5-6-8-20(17)23;;/h5-10,12-13H,3-4,11,14-16,23H2,1-2H3,(H,24,28)(H,25,27);2*1H. The lowest BCUT2D eigenvalue weighted by atomic mass is 10.1. The summed E-state index contributed by atoms with van der Waals surface area (Å²) in [7, 11) is 0. The zero-order valence-corrected chi connectivity index (χ0v) is 19.2. The van der Waals surface area contributed by atoms with Crippen LogP contribution in [0, 0.1) is 0 Å². The number of nitrogen functional groups attached to an aromatic ring is 1. The van der Waals surface area contributed by atoms with Gasteiger partial charge in [0.05, 0.1) is 0 Å². The number of benzene rings is 2. The van der Waals surface area contributed by atoms with Gasteiger partial charge >= 0.3 is 0 Å². The van der Waals surface area contributed by atoms with Gasteiger partial charge in [0.25, 0.3) is 5.91 Å². The normalized spacial score (nSPS) is 9.97. The van der Waals surface area contributed by atoms with Crippen LogP contribution in [0.25, 0.3) is 0 Å². The van der Waals surface area contributed by atoms with Crippen LogP contribution in [0.1, 0.15) is 36.2 Å². The number of para-hydroxylation sites is 1. The SMILES string of the molecule is CCN(CC)CCNC(=O)c1ccc(NC(=O)CCc2ccccc2N)cc1.Cl.Cl. The number of likely N-dealkylation sites (N-methyl/N-ethyl adjacent to an activating group) is 1. The molecule has 0 aliphatic carbocycles. The van der Waals surface area contributed by atoms with Crippen LogP contribution in [0.5, 0.6) is 0 Å². The van der Waals surface area contributed by atoms with Crippen molar-refractivity contribution < 1.29 is 9.59 Å². The minimum atomic E-state index is -0.107. The van der Waals surface area contributed by atoms with E-state index in [0.717, 1.165) is 25.2 Å². The van der Waals surface area contributed by atoms with Crippen molar-refractivity contribution in [3.05, 3.63) is 59.7 Å². The number of hydrogen-bond acceptors (Lipinski definition) is 4. The van der Waals surface area contributed by atoms with Gasteiger partial charge in [-0.2, -0.15) is 0 Å². The van der Waals surface area contributed by atoms with E-state index in [2.05, 4.69) is 29.4 Å². The molecule has 2 aromatic rings. The average Bonchev–Trinajstić information content (AvgIpc) is 2.71. The van der Waals surface area contributed by atoms with Crippen LogP contribution in [0.15, 0.2) is 48.5 Å². The first-order valence-electron chi connectivity index (χ1n) is 9.77. The largest absolute Gasteiger partial charge is 0.399 e. The summed E-state index contributed by atoms with van der Waals surface area (Å²) in [4.78, 5) is 26.6. The molecule has 166 valence electrons. The molecule has 0 bridgehead atoms. The molecule has 0 aliphatic rings. The molecule has 0 saturated heterocycles. The summed E-state index contributed by atoms with van der Waals surface area (Å²) < 4.78 is 0. The van der Waals surface area contributed by atoms with Gasteiger partial charge in [-0.05, 0) is 55.4 Å². The van der Waals surface area contributed by atoms with Gasteiger partial charge in [-0.25, -0.2) is 0 Å². The van der Waals surface area contributed by atoms with Gasteiger partial charge < -0.3 is 21.3 Å². The number of amides is 2. The molecule has 2 rings (SSSR count). The van der Waals surface area contributed by atoms with Crippen molar-refractivity contribution in [2.75, 3.05) is 37.2 Å². The highest BCUT2D eigenvalue weighted by Gasteiger charge is 2.08. The second kappa shape index (κ2) is 14.7. The zero-order chi connectivity index (χ0) is 20.4. The number of nitrogens with zero attached hydrogens (tertiary/aromatic N) is 1. The summed E-state index contributed by atoms with van der Waals surface area (Å²) in [5.74, 6) is -0.190. The highest BCUT2D eigenvalue weighted by Crippen LogP contribution is 2.14. The first-order chi connectivity index (χ1) is 13.5. The summed E-state index contributed by atoms with van der Waals surface area (Å²) in [5, 5.41) is 5.78. The Bertz CT molecular complexity index is 781. The van der Waals surface area contributed by atoms with Gasteiger partial charge in [-0.15, -0.1) is 24.8 Å². The van der Waals surface area contributed by atoms with Crippen molar-refractivity contribution in [2.24, 2.45) is 0 Å². The van der Waals surface area contributed by atoms with Crippen molar-refractivity contribution in [3.8, 4) is 0 Å². The molecule has 0 aliphatic heterocycles. The molecule has 0 atom stereocenters. The Hall–Kier alpha value is -2.28. The maximum Gasteiger partial charge on any atom is 0.251 e. The topological polar surface area (TPSA) is 87.5 Å². The lowest BCUT2D eigenvalue weighted by Crippen LogP contribution is -2.34. The Labute approximate surface area is 191 Å². The minimum absolute atomic E-state index is 0. The first kappa shape index (κ1) is 27.7. The number of anilines is 2. The molecule has 0 radical (unpaired) electrons. The van der Waals surface area contributed by atoms with E-state index in [1.54, 1.807) is 24.3 Å². The third-order valence-corrected chi connectivity index (χ3v) is 4.72. The monoisotopic (exact) mass is 454 g/mol. The van der Waals surface area contributed by atoms with E-state index < -0.39 is 0 Å². The van der Waals surface area contributed by atoms with Crippen molar-refractivity contribution in [2.45, 2.75) is 26.7 Å². The van der Waals surface area contributed by atoms with Gasteiger partial charge in [0.2, 0.25) is 5.91 Å². The summed E-state index contributed by atoms with van der Waals surface area (Å²) >= 11 is 0. The second-order valence-electron chi connectivity index (χ2n) is 6.61. The summed E-state index contributed by atoms with van der Waals surface area (Å²) in [5.41, 5.74) is 8.82. The molecule has 0 aromatic heterocycles. The van der Waals surface area contributed by atoms with E-state index in [1.165, 1.54) is 0 Å². The maximum absolute atomic E-state index is 12.2. The van der Waals surface area contributed by atoms with Crippen LogP contribution in [0.4, 0.5) is 11.4 Å². The van der Waals surface area contributed by atoms with E-state index >= 15 is 0 Å². The van der Waals surface area contributed by atoms with Gasteiger partial charge in [0.1, 0.15) is 0 Å². The first-order valence-corrected chi connectivity index (χ1v) is 9.77. The van der Waals surface area contributed by atoms with Crippen LogP contribution >= 0.6 is 24.8 Å². The molecule has 0 spiro atoms. The van der Waals surface area contributed by atoms with E-state index in [0.29, 0.717) is 36.3 Å². The Kier molecular flexibility index (Phi) is 13.5. The number of nitrogens with one attached hydrogen (secondary N) is 2. The summed E-state index contributed by atoms with van der Waals surface area (Å²) in [6.07, 6.45) is 0.938. The van der Waals surface area contributed by atoms with Crippen molar-refractivity contribution in [3.63, 3.8) is 0 Å². The average molecular weight is 455 g/mol. The molecule has 2 aromatic carbocycles. The third-order valence-electron chi connectivity index (χ3n) is 4.72. The van der Waals surface area contributed by atoms with Crippen LogP contribution in [0.3, 0.4) is 0 Å². The Balaban J connectivity index is 0.00000420. The fourth-order valence-electron chi connectivity index (χ4n) is 2.91. The molecule has 0 heterocycles. The molecule has 6 nitrogen and oxygen atoms in total. The van der Waals surface area contributed by atoms with E-state index in [-0.39, 0.29) is 36.6 Å². The van der Waals surface area contributed by atoms with Crippen LogP contribution in [-0.4, -0.2) is 42.9 Å². The predicted molar refractivity (Wildman–Crippen MR) is 129 cm³/mol. The van der Waals surface area contributed by atoms with Crippen molar-refractivity contribution in [1.82, 2.24) is 10.2 Å².